The van der Waals surface area contributed by atoms with Crippen LogP contribution in [0.4, 0.5) is 0 Å². The molecule has 20 heavy (non-hydrogen) atoms. The normalized spacial score (nSPS) is 20.9. The van der Waals surface area contributed by atoms with Gasteiger partial charge in [-0.05, 0) is 68.3 Å². The average Bonchev–Trinajstić information content (AvgIpc) is 3.31. The van der Waals surface area contributed by atoms with E-state index in [1.54, 1.807) is 14.2 Å². The van der Waals surface area contributed by atoms with Gasteiger partial charge < -0.3 is 14.4 Å². The SMILES string of the molecule is COc1ccc(C2CCN(CC3CC3)CC2)cc1OC. The molecule has 1 aromatic carbocycles. The highest BCUT2D eigenvalue weighted by Crippen LogP contribution is 2.36. The number of likely N-dealkylation sites (tertiary alicyclic amines) is 1. The molecule has 1 aliphatic carbocycles. The van der Waals surface area contributed by atoms with Gasteiger partial charge in [0.1, 0.15) is 0 Å². The Kier molecular flexibility index (Phi) is 4.16. The second-order valence-electron chi connectivity index (χ2n) is 6.13. The zero-order valence-electron chi connectivity index (χ0n) is 12.6. The Morgan fingerprint density at radius 1 is 1.00 bits per heavy atom. The van der Waals surface area contributed by atoms with E-state index in [-0.39, 0.29) is 0 Å². The van der Waals surface area contributed by atoms with Crippen molar-refractivity contribution in [1.29, 1.82) is 0 Å². The van der Waals surface area contributed by atoms with E-state index < -0.39 is 0 Å². The number of ether oxygens (including phenoxy) is 2. The third kappa shape index (κ3) is 3.09. The third-order valence-corrected chi connectivity index (χ3v) is 4.68. The minimum Gasteiger partial charge on any atom is -0.493 e. The first-order valence-corrected chi connectivity index (χ1v) is 7.74. The summed E-state index contributed by atoms with van der Waals surface area (Å²) in [5.74, 6) is 3.35. The summed E-state index contributed by atoms with van der Waals surface area (Å²) in [6.45, 7) is 3.82. The molecule has 0 N–H and O–H groups in total. The smallest absolute Gasteiger partial charge is 0.160 e. The van der Waals surface area contributed by atoms with E-state index in [1.165, 1.54) is 50.9 Å². The molecule has 0 amide bonds. The van der Waals surface area contributed by atoms with E-state index >= 15 is 0 Å². The zero-order valence-corrected chi connectivity index (χ0v) is 12.6. The highest BCUT2D eigenvalue weighted by molar-refractivity contribution is 5.44. The van der Waals surface area contributed by atoms with Crippen LogP contribution in [0.2, 0.25) is 0 Å². The summed E-state index contributed by atoms with van der Waals surface area (Å²) < 4.78 is 10.7. The van der Waals surface area contributed by atoms with Gasteiger partial charge in [0.15, 0.2) is 11.5 Å². The summed E-state index contributed by atoms with van der Waals surface area (Å²) in [5.41, 5.74) is 1.40. The summed E-state index contributed by atoms with van der Waals surface area (Å²) in [7, 11) is 3.40. The lowest BCUT2D eigenvalue weighted by Gasteiger charge is -2.32. The molecule has 3 nitrogen and oxygen atoms in total. The maximum Gasteiger partial charge on any atom is 0.160 e. The number of benzene rings is 1. The highest BCUT2D eigenvalue weighted by Gasteiger charge is 2.27. The maximum atomic E-state index is 5.41. The minimum absolute atomic E-state index is 0.672. The fourth-order valence-corrected chi connectivity index (χ4v) is 3.22. The molecule has 1 heterocycles. The van der Waals surface area contributed by atoms with Crippen molar-refractivity contribution in [2.75, 3.05) is 33.9 Å². The standard InChI is InChI=1S/C17H25NO2/c1-19-16-6-5-15(11-17(16)20-2)14-7-9-18(10-8-14)12-13-3-4-13/h5-6,11,13-14H,3-4,7-10,12H2,1-2H3. The van der Waals surface area contributed by atoms with Crippen LogP contribution in [0.1, 0.15) is 37.2 Å². The van der Waals surface area contributed by atoms with Gasteiger partial charge in [-0.1, -0.05) is 6.07 Å². The number of rotatable bonds is 5. The third-order valence-electron chi connectivity index (χ3n) is 4.68. The molecule has 1 saturated heterocycles. The molecule has 1 aliphatic heterocycles. The Balaban J connectivity index is 1.61. The topological polar surface area (TPSA) is 21.7 Å². The van der Waals surface area contributed by atoms with Crippen molar-refractivity contribution in [2.24, 2.45) is 5.92 Å². The first kappa shape index (κ1) is 13.7. The summed E-state index contributed by atoms with van der Waals surface area (Å²) in [4.78, 5) is 2.65. The molecule has 3 heteroatoms. The Labute approximate surface area is 121 Å². The summed E-state index contributed by atoms with van der Waals surface area (Å²) in [6, 6.07) is 6.38. The van der Waals surface area contributed by atoms with Crippen molar-refractivity contribution >= 4 is 0 Å². The summed E-state index contributed by atoms with van der Waals surface area (Å²) in [6.07, 6.45) is 5.44. The number of nitrogens with zero attached hydrogens (tertiary/aromatic N) is 1. The zero-order chi connectivity index (χ0) is 13.9. The first-order valence-electron chi connectivity index (χ1n) is 7.74. The summed E-state index contributed by atoms with van der Waals surface area (Å²) >= 11 is 0. The Morgan fingerprint density at radius 3 is 2.30 bits per heavy atom. The van der Waals surface area contributed by atoms with Crippen LogP contribution in [-0.4, -0.2) is 38.8 Å². The van der Waals surface area contributed by atoms with Gasteiger partial charge in [0, 0.05) is 6.54 Å². The van der Waals surface area contributed by atoms with E-state index in [0.717, 1.165) is 17.4 Å². The molecule has 1 saturated carbocycles. The fraction of sp³-hybridized carbons (Fsp3) is 0.647. The lowest BCUT2D eigenvalue weighted by atomic mass is 9.89. The van der Waals surface area contributed by atoms with E-state index in [9.17, 15) is 0 Å². The molecule has 1 aromatic rings. The van der Waals surface area contributed by atoms with Crippen molar-refractivity contribution in [3.05, 3.63) is 23.8 Å². The minimum atomic E-state index is 0.672. The molecule has 0 atom stereocenters. The van der Waals surface area contributed by atoms with Crippen LogP contribution < -0.4 is 9.47 Å². The number of methoxy groups -OCH3 is 2. The second kappa shape index (κ2) is 6.04. The highest BCUT2D eigenvalue weighted by atomic mass is 16.5. The van der Waals surface area contributed by atoms with Crippen LogP contribution in [0, 0.1) is 5.92 Å². The number of piperidine rings is 1. The monoisotopic (exact) mass is 275 g/mol. The van der Waals surface area contributed by atoms with Gasteiger partial charge in [-0.3, -0.25) is 0 Å². The van der Waals surface area contributed by atoms with Gasteiger partial charge in [-0.15, -0.1) is 0 Å². The van der Waals surface area contributed by atoms with Gasteiger partial charge in [0.2, 0.25) is 0 Å². The molecular weight excluding hydrogens is 250 g/mol. The molecule has 0 aromatic heterocycles. The van der Waals surface area contributed by atoms with E-state index in [4.69, 9.17) is 9.47 Å². The van der Waals surface area contributed by atoms with Crippen molar-refractivity contribution < 1.29 is 9.47 Å². The molecule has 3 rings (SSSR count). The van der Waals surface area contributed by atoms with Gasteiger partial charge in [-0.25, -0.2) is 0 Å². The van der Waals surface area contributed by atoms with Crippen LogP contribution in [0.5, 0.6) is 11.5 Å². The van der Waals surface area contributed by atoms with Gasteiger partial charge >= 0.3 is 0 Å². The van der Waals surface area contributed by atoms with Crippen LogP contribution in [0.15, 0.2) is 18.2 Å². The van der Waals surface area contributed by atoms with Crippen molar-refractivity contribution in [2.45, 2.75) is 31.6 Å². The Bertz CT molecular complexity index is 448. The Hall–Kier alpha value is -1.22. The lowest BCUT2D eigenvalue weighted by molar-refractivity contribution is 0.204. The molecule has 0 spiro atoms. The molecule has 0 bridgehead atoms. The lowest BCUT2D eigenvalue weighted by Crippen LogP contribution is -2.34. The van der Waals surface area contributed by atoms with Gasteiger partial charge in [0.05, 0.1) is 14.2 Å². The van der Waals surface area contributed by atoms with E-state index in [0.29, 0.717) is 5.92 Å². The van der Waals surface area contributed by atoms with Crippen LogP contribution in [0.25, 0.3) is 0 Å². The van der Waals surface area contributed by atoms with E-state index in [2.05, 4.69) is 17.0 Å². The molecule has 0 radical (unpaired) electrons. The second-order valence-corrected chi connectivity index (χ2v) is 6.13. The molecule has 2 aliphatic rings. The number of hydrogen-bond acceptors (Lipinski definition) is 3. The van der Waals surface area contributed by atoms with Crippen molar-refractivity contribution in [3.63, 3.8) is 0 Å². The van der Waals surface area contributed by atoms with Crippen LogP contribution in [-0.2, 0) is 0 Å². The largest absolute Gasteiger partial charge is 0.493 e. The van der Waals surface area contributed by atoms with E-state index in [1.807, 2.05) is 6.07 Å². The van der Waals surface area contributed by atoms with Gasteiger partial charge in [-0.2, -0.15) is 0 Å². The van der Waals surface area contributed by atoms with Crippen molar-refractivity contribution in [3.8, 4) is 11.5 Å². The molecule has 110 valence electrons. The fourth-order valence-electron chi connectivity index (χ4n) is 3.22. The predicted octanol–water partition coefficient (Wildman–Crippen LogP) is 3.29. The quantitative estimate of drug-likeness (QED) is 0.823. The van der Waals surface area contributed by atoms with Crippen molar-refractivity contribution in [1.82, 2.24) is 4.90 Å². The van der Waals surface area contributed by atoms with Gasteiger partial charge in [0.25, 0.3) is 0 Å². The average molecular weight is 275 g/mol. The Morgan fingerprint density at radius 2 is 1.70 bits per heavy atom. The molecular formula is C17H25NO2. The first-order chi connectivity index (χ1) is 9.80. The molecule has 2 fully saturated rings. The predicted molar refractivity (Wildman–Crippen MR) is 80.7 cm³/mol. The summed E-state index contributed by atoms with van der Waals surface area (Å²) in [5, 5.41) is 0. The van der Waals surface area contributed by atoms with Crippen LogP contribution >= 0.6 is 0 Å². The van der Waals surface area contributed by atoms with Crippen LogP contribution in [0.3, 0.4) is 0 Å². The maximum absolute atomic E-state index is 5.41. The molecule has 0 unspecified atom stereocenters. The number of hydrogen-bond donors (Lipinski definition) is 0.